The second-order valence-electron chi connectivity index (χ2n) is 7.42. The first-order valence-corrected chi connectivity index (χ1v) is 10.0. The number of likely N-dealkylation sites (tertiary alicyclic amines) is 1. The van der Waals surface area contributed by atoms with Crippen LogP contribution in [0.15, 0.2) is 54.7 Å². The molecule has 0 radical (unpaired) electrons. The lowest BCUT2D eigenvalue weighted by Crippen LogP contribution is -2.42. The normalized spacial score (nSPS) is 12.8. The van der Waals surface area contributed by atoms with Crippen molar-refractivity contribution in [1.82, 2.24) is 9.88 Å². The summed E-state index contributed by atoms with van der Waals surface area (Å²) >= 11 is 0. The van der Waals surface area contributed by atoms with E-state index >= 15 is 0 Å². The van der Waals surface area contributed by atoms with Crippen molar-refractivity contribution in [3.63, 3.8) is 0 Å². The third kappa shape index (κ3) is 4.66. The zero-order valence-corrected chi connectivity index (χ0v) is 17.1. The first-order chi connectivity index (χ1) is 15.4. The molecule has 9 heteroatoms. The van der Waals surface area contributed by atoms with Gasteiger partial charge in [-0.25, -0.2) is 13.8 Å². The molecule has 0 unspecified atom stereocenters. The fraction of sp³-hybridized carbons (Fsp3) is 0.174. The number of rotatable bonds is 7. The van der Waals surface area contributed by atoms with Gasteiger partial charge in [0, 0.05) is 48.7 Å². The quantitative estimate of drug-likeness (QED) is 0.524. The van der Waals surface area contributed by atoms with E-state index in [-0.39, 0.29) is 23.6 Å². The first-order valence-electron chi connectivity index (χ1n) is 10.0. The van der Waals surface area contributed by atoms with Gasteiger partial charge in [-0.1, -0.05) is 6.07 Å². The molecule has 4 N–H and O–H groups in total. The lowest BCUT2D eigenvalue weighted by molar-refractivity contribution is 0.0651. The van der Waals surface area contributed by atoms with Gasteiger partial charge in [0.2, 0.25) is 0 Å². The highest BCUT2D eigenvalue weighted by molar-refractivity contribution is 5.99. The van der Waals surface area contributed by atoms with E-state index in [9.17, 15) is 18.4 Å². The highest BCUT2D eigenvalue weighted by Gasteiger charge is 2.21. The number of nitrogens with two attached hydrogens (primary N) is 1. The number of pyridine rings is 1. The van der Waals surface area contributed by atoms with E-state index in [0.29, 0.717) is 22.8 Å². The molecule has 1 aliphatic rings. The van der Waals surface area contributed by atoms with Crippen molar-refractivity contribution in [2.24, 2.45) is 5.73 Å². The molecule has 4 rings (SSSR count). The van der Waals surface area contributed by atoms with Crippen molar-refractivity contribution in [2.45, 2.75) is 13.0 Å². The summed E-state index contributed by atoms with van der Waals surface area (Å²) < 4.78 is 27.4. The second-order valence-corrected chi connectivity index (χ2v) is 7.42. The summed E-state index contributed by atoms with van der Waals surface area (Å²) in [6.45, 7) is 1.45. The number of nitrogens with one attached hydrogen (secondary N) is 2. The Balaban J connectivity index is 1.54. The molecule has 0 spiro atoms. The average Bonchev–Trinajstić information content (AvgIpc) is 2.73. The molecule has 164 valence electrons. The van der Waals surface area contributed by atoms with Crippen LogP contribution in [-0.4, -0.2) is 34.8 Å². The van der Waals surface area contributed by atoms with Crippen LogP contribution in [0.4, 0.5) is 26.0 Å². The largest absolute Gasteiger partial charge is 0.380 e. The minimum atomic E-state index is -0.714. The van der Waals surface area contributed by atoms with E-state index in [0.717, 1.165) is 37.7 Å². The van der Waals surface area contributed by atoms with E-state index in [1.165, 1.54) is 6.20 Å². The molecule has 7 nitrogen and oxygen atoms in total. The molecule has 1 fully saturated rings. The number of benzene rings is 2. The number of hydrogen-bond donors (Lipinski definition) is 3. The van der Waals surface area contributed by atoms with Crippen LogP contribution < -0.4 is 16.4 Å². The molecular weight excluding hydrogens is 416 g/mol. The van der Waals surface area contributed by atoms with Crippen molar-refractivity contribution in [2.75, 3.05) is 23.7 Å². The minimum absolute atomic E-state index is 0.0311. The summed E-state index contributed by atoms with van der Waals surface area (Å²) in [6.07, 6.45) is 2.30. The van der Waals surface area contributed by atoms with Crippen LogP contribution in [0.2, 0.25) is 0 Å². The number of halogens is 2. The van der Waals surface area contributed by atoms with Gasteiger partial charge in [0.15, 0.2) is 0 Å². The van der Waals surface area contributed by atoms with E-state index in [2.05, 4.69) is 15.6 Å². The van der Waals surface area contributed by atoms with Gasteiger partial charge in [-0.3, -0.25) is 9.59 Å². The van der Waals surface area contributed by atoms with E-state index in [4.69, 9.17) is 5.73 Å². The van der Waals surface area contributed by atoms with Crippen LogP contribution in [0.3, 0.4) is 0 Å². The monoisotopic (exact) mass is 437 g/mol. The van der Waals surface area contributed by atoms with Crippen LogP contribution in [0.1, 0.15) is 32.7 Å². The van der Waals surface area contributed by atoms with Gasteiger partial charge in [-0.15, -0.1) is 0 Å². The highest BCUT2D eigenvalue weighted by Crippen LogP contribution is 2.24. The summed E-state index contributed by atoms with van der Waals surface area (Å²) in [5, 5.41) is 6.01. The van der Waals surface area contributed by atoms with Crippen LogP contribution in [0, 0.1) is 11.6 Å². The van der Waals surface area contributed by atoms with Gasteiger partial charge in [0.05, 0.1) is 11.3 Å². The molecule has 0 bridgehead atoms. The lowest BCUT2D eigenvalue weighted by atomic mass is 10.1. The van der Waals surface area contributed by atoms with Crippen molar-refractivity contribution in [1.29, 1.82) is 0 Å². The summed E-state index contributed by atoms with van der Waals surface area (Å²) in [7, 11) is 0. The standard InChI is InChI=1S/C23H21F2N5O2/c24-16-5-6-19(25)15(9-16)12-27-20-11-21(28-13-18(20)22(26)31)29-17-4-1-3-14(10-17)23(32)30-7-2-8-30/h1,3-6,9-11,13H,2,7-8,12H2,(H2,26,31)(H2,27,28,29). The maximum atomic E-state index is 13.9. The van der Waals surface area contributed by atoms with Crippen LogP contribution >= 0.6 is 0 Å². The van der Waals surface area contributed by atoms with Gasteiger partial charge >= 0.3 is 0 Å². The summed E-state index contributed by atoms with van der Waals surface area (Å²) in [6, 6.07) is 11.7. The van der Waals surface area contributed by atoms with Gasteiger partial charge in [-0.05, 0) is 42.8 Å². The van der Waals surface area contributed by atoms with Crippen molar-refractivity contribution < 1.29 is 18.4 Å². The third-order valence-corrected chi connectivity index (χ3v) is 5.17. The van der Waals surface area contributed by atoms with Gasteiger partial charge in [0.25, 0.3) is 11.8 Å². The number of anilines is 3. The molecule has 0 saturated carbocycles. The number of carbonyl (C=O) groups excluding carboxylic acids is 2. The number of hydrogen-bond acceptors (Lipinski definition) is 5. The Morgan fingerprint density at radius 3 is 2.62 bits per heavy atom. The molecule has 32 heavy (non-hydrogen) atoms. The lowest BCUT2D eigenvalue weighted by Gasteiger charge is -2.31. The van der Waals surface area contributed by atoms with Crippen molar-refractivity contribution in [3.05, 3.63) is 83.1 Å². The predicted molar refractivity (Wildman–Crippen MR) is 117 cm³/mol. The van der Waals surface area contributed by atoms with Crippen molar-refractivity contribution in [3.8, 4) is 0 Å². The summed E-state index contributed by atoms with van der Waals surface area (Å²) in [4.78, 5) is 30.2. The fourth-order valence-electron chi connectivity index (χ4n) is 3.32. The molecule has 1 saturated heterocycles. The second kappa shape index (κ2) is 9.01. The Labute approximate surface area is 183 Å². The number of carbonyl (C=O) groups is 2. The Morgan fingerprint density at radius 2 is 1.91 bits per heavy atom. The molecule has 1 aliphatic heterocycles. The Morgan fingerprint density at radius 1 is 1.09 bits per heavy atom. The number of nitrogens with zero attached hydrogens (tertiary/aromatic N) is 2. The third-order valence-electron chi connectivity index (χ3n) is 5.17. The SMILES string of the molecule is NC(=O)c1cnc(Nc2cccc(C(=O)N3CCC3)c2)cc1NCc1cc(F)ccc1F. The van der Waals surface area contributed by atoms with E-state index in [1.807, 2.05) is 0 Å². The molecule has 1 aromatic heterocycles. The Kier molecular flexibility index (Phi) is 5.98. The van der Waals surface area contributed by atoms with E-state index in [1.54, 1.807) is 35.2 Å². The van der Waals surface area contributed by atoms with Crippen LogP contribution in [-0.2, 0) is 6.54 Å². The molecule has 2 heterocycles. The Bertz CT molecular complexity index is 1180. The molecule has 2 aromatic carbocycles. The summed E-state index contributed by atoms with van der Waals surface area (Å²) in [5.41, 5.74) is 7.14. The topological polar surface area (TPSA) is 100 Å². The van der Waals surface area contributed by atoms with Gasteiger partial charge in [0.1, 0.15) is 17.5 Å². The molecular formula is C23H21F2N5O2. The summed E-state index contributed by atoms with van der Waals surface area (Å²) in [5.74, 6) is -1.51. The minimum Gasteiger partial charge on any atom is -0.380 e. The van der Waals surface area contributed by atoms with Gasteiger partial charge in [-0.2, -0.15) is 0 Å². The average molecular weight is 437 g/mol. The smallest absolute Gasteiger partial charge is 0.253 e. The maximum Gasteiger partial charge on any atom is 0.253 e. The molecule has 0 aliphatic carbocycles. The Hall–Kier alpha value is -4.01. The number of primary amides is 1. The first kappa shape index (κ1) is 21.2. The van der Waals surface area contributed by atoms with Gasteiger partial charge < -0.3 is 21.3 Å². The van der Waals surface area contributed by atoms with Crippen molar-refractivity contribution >= 4 is 29.0 Å². The highest BCUT2D eigenvalue weighted by atomic mass is 19.1. The van der Waals surface area contributed by atoms with Crippen LogP contribution in [0.25, 0.3) is 0 Å². The van der Waals surface area contributed by atoms with Crippen LogP contribution in [0.5, 0.6) is 0 Å². The number of aromatic nitrogens is 1. The van der Waals surface area contributed by atoms with E-state index < -0.39 is 17.5 Å². The zero-order chi connectivity index (χ0) is 22.7. The molecule has 0 atom stereocenters. The zero-order valence-electron chi connectivity index (χ0n) is 17.1. The molecule has 3 aromatic rings. The molecule has 2 amide bonds. The number of amides is 2. The fourth-order valence-corrected chi connectivity index (χ4v) is 3.32. The predicted octanol–water partition coefficient (Wildman–Crippen LogP) is 3.66. The maximum absolute atomic E-state index is 13.9.